The number of aliphatic hydroxyl groups excluding tert-OH is 1. The number of carbonyl (C=O) groups is 2. The van der Waals surface area contributed by atoms with E-state index in [2.05, 4.69) is 16.0 Å². The van der Waals surface area contributed by atoms with E-state index in [1.165, 1.54) is 0 Å². The molecule has 2 atom stereocenters. The number of hydrogen-bond acceptors (Lipinski definition) is 4. The summed E-state index contributed by atoms with van der Waals surface area (Å²) in [5, 5.41) is 17.4. The molecule has 0 spiro atoms. The van der Waals surface area contributed by atoms with E-state index >= 15 is 0 Å². The predicted octanol–water partition coefficient (Wildman–Crippen LogP) is 0.866. The van der Waals surface area contributed by atoms with Crippen LogP contribution in [0, 0.1) is 5.92 Å². The highest BCUT2D eigenvalue weighted by atomic mass is 16.3. The van der Waals surface area contributed by atoms with Crippen molar-refractivity contribution in [3.05, 3.63) is 29.8 Å². The van der Waals surface area contributed by atoms with Crippen molar-refractivity contribution in [2.24, 2.45) is 5.92 Å². The maximum absolute atomic E-state index is 12.1. The highest BCUT2D eigenvalue weighted by molar-refractivity contribution is 5.97. The van der Waals surface area contributed by atoms with Gasteiger partial charge in [-0.05, 0) is 37.6 Å². The molecule has 0 aliphatic rings. The number of rotatable bonds is 7. The molecule has 0 aromatic heterocycles. The molecule has 2 unspecified atom stereocenters. The van der Waals surface area contributed by atoms with Crippen LogP contribution in [0.3, 0.4) is 0 Å². The number of anilines is 1. The van der Waals surface area contributed by atoms with E-state index in [1.807, 2.05) is 13.8 Å². The van der Waals surface area contributed by atoms with Gasteiger partial charge in [-0.1, -0.05) is 26.0 Å². The lowest BCUT2D eigenvalue weighted by Crippen LogP contribution is -2.51. The molecular formula is C16H25N3O3. The predicted molar refractivity (Wildman–Crippen MR) is 86.3 cm³/mol. The van der Waals surface area contributed by atoms with Crippen LogP contribution in [0.15, 0.2) is 24.3 Å². The van der Waals surface area contributed by atoms with Crippen molar-refractivity contribution in [1.29, 1.82) is 0 Å². The summed E-state index contributed by atoms with van der Waals surface area (Å²) in [6.45, 7) is 5.42. The molecular weight excluding hydrogens is 282 g/mol. The van der Waals surface area contributed by atoms with E-state index in [9.17, 15) is 9.59 Å². The third-order valence-corrected chi connectivity index (χ3v) is 3.39. The number of benzene rings is 1. The zero-order chi connectivity index (χ0) is 16.7. The Bertz CT molecular complexity index is 517. The van der Waals surface area contributed by atoms with Crippen molar-refractivity contribution in [2.75, 3.05) is 12.4 Å². The van der Waals surface area contributed by atoms with E-state index in [0.717, 1.165) is 0 Å². The molecule has 0 saturated carbocycles. The molecule has 22 heavy (non-hydrogen) atoms. The molecule has 0 aliphatic heterocycles. The first kappa shape index (κ1) is 18.1. The summed E-state index contributed by atoms with van der Waals surface area (Å²) in [4.78, 5) is 24.2. The van der Waals surface area contributed by atoms with Gasteiger partial charge in [0.1, 0.15) is 6.04 Å². The summed E-state index contributed by atoms with van der Waals surface area (Å²) in [6.07, 6.45) is 0. The smallest absolute Gasteiger partial charge is 0.246 e. The SMILES string of the molecule is CNC(C(=O)NC(C)C(=O)Nc1cccc(CO)c1)C(C)C. The molecule has 0 bridgehead atoms. The van der Waals surface area contributed by atoms with Crippen LogP contribution in [-0.2, 0) is 16.2 Å². The van der Waals surface area contributed by atoms with Gasteiger partial charge in [-0.15, -0.1) is 0 Å². The minimum atomic E-state index is -0.653. The standard InChI is InChI=1S/C16H25N3O3/c1-10(2)14(17-4)16(22)18-11(3)15(21)19-13-7-5-6-12(8-13)9-20/h5-8,10-11,14,17,20H,9H2,1-4H3,(H,18,22)(H,19,21). The Morgan fingerprint density at radius 2 is 1.86 bits per heavy atom. The molecule has 6 nitrogen and oxygen atoms in total. The zero-order valence-electron chi connectivity index (χ0n) is 13.5. The van der Waals surface area contributed by atoms with Crippen molar-refractivity contribution < 1.29 is 14.7 Å². The summed E-state index contributed by atoms with van der Waals surface area (Å²) < 4.78 is 0. The van der Waals surface area contributed by atoms with Gasteiger partial charge in [0.2, 0.25) is 11.8 Å². The molecule has 4 N–H and O–H groups in total. The first-order valence-electron chi connectivity index (χ1n) is 7.37. The number of hydrogen-bond donors (Lipinski definition) is 4. The van der Waals surface area contributed by atoms with Crippen LogP contribution < -0.4 is 16.0 Å². The van der Waals surface area contributed by atoms with Crippen LogP contribution in [0.1, 0.15) is 26.3 Å². The normalized spacial score (nSPS) is 13.5. The molecule has 6 heteroatoms. The number of nitrogens with one attached hydrogen (secondary N) is 3. The van der Waals surface area contributed by atoms with Gasteiger partial charge in [-0.2, -0.15) is 0 Å². The second-order valence-electron chi connectivity index (χ2n) is 5.59. The van der Waals surface area contributed by atoms with Crippen molar-refractivity contribution in [3.63, 3.8) is 0 Å². The highest BCUT2D eigenvalue weighted by Crippen LogP contribution is 2.11. The summed E-state index contributed by atoms with van der Waals surface area (Å²) in [6, 6.07) is 5.95. The van der Waals surface area contributed by atoms with Gasteiger partial charge in [0.15, 0.2) is 0 Å². The van der Waals surface area contributed by atoms with Gasteiger partial charge in [0, 0.05) is 5.69 Å². The third kappa shape index (κ3) is 5.13. The number of carbonyl (C=O) groups excluding carboxylic acids is 2. The highest BCUT2D eigenvalue weighted by Gasteiger charge is 2.23. The first-order chi connectivity index (χ1) is 10.4. The fourth-order valence-corrected chi connectivity index (χ4v) is 2.13. The first-order valence-corrected chi connectivity index (χ1v) is 7.37. The molecule has 2 amide bonds. The summed E-state index contributed by atoms with van der Waals surface area (Å²) in [5.41, 5.74) is 1.30. The van der Waals surface area contributed by atoms with E-state index < -0.39 is 6.04 Å². The van der Waals surface area contributed by atoms with Crippen LogP contribution in [0.2, 0.25) is 0 Å². The van der Waals surface area contributed by atoms with Crippen LogP contribution in [0.5, 0.6) is 0 Å². The van der Waals surface area contributed by atoms with Gasteiger partial charge in [0.25, 0.3) is 0 Å². The Morgan fingerprint density at radius 1 is 1.18 bits per heavy atom. The van der Waals surface area contributed by atoms with Crippen LogP contribution in [0.4, 0.5) is 5.69 Å². The van der Waals surface area contributed by atoms with Gasteiger partial charge in [-0.25, -0.2) is 0 Å². The maximum atomic E-state index is 12.1. The summed E-state index contributed by atoms with van der Waals surface area (Å²) >= 11 is 0. The second-order valence-corrected chi connectivity index (χ2v) is 5.59. The third-order valence-electron chi connectivity index (χ3n) is 3.39. The summed E-state index contributed by atoms with van der Waals surface area (Å²) in [7, 11) is 1.72. The van der Waals surface area contributed by atoms with Gasteiger partial charge in [-0.3, -0.25) is 9.59 Å². The molecule has 1 rings (SSSR count). The van der Waals surface area contributed by atoms with Crippen LogP contribution in [-0.4, -0.2) is 36.1 Å². The fourth-order valence-electron chi connectivity index (χ4n) is 2.13. The lowest BCUT2D eigenvalue weighted by molar-refractivity contribution is -0.128. The van der Waals surface area contributed by atoms with Gasteiger partial charge in [0.05, 0.1) is 12.6 Å². The Balaban J connectivity index is 2.63. The quantitative estimate of drug-likeness (QED) is 0.601. The second kappa shape index (κ2) is 8.51. The Labute approximate surface area is 131 Å². The average Bonchev–Trinajstić information content (AvgIpc) is 2.47. The number of likely N-dealkylation sites (N-methyl/N-ethyl adjacent to an activating group) is 1. The molecule has 1 aromatic rings. The largest absolute Gasteiger partial charge is 0.392 e. The van der Waals surface area contributed by atoms with Gasteiger partial charge < -0.3 is 21.1 Å². The van der Waals surface area contributed by atoms with Crippen molar-refractivity contribution >= 4 is 17.5 Å². The van der Waals surface area contributed by atoms with Crippen molar-refractivity contribution in [1.82, 2.24) is 10.6 Å². The van der Waals surface area contributed by atoms with E-state index in [4.69, 9.17) is 5.11 Å². The minimum absolute atomic E-state index is 0.0890. The lowest BCUT2D eigenvalue weighted by Gasteiger charge is -2.22. The molecule has 0 fully saturated rings. The Kier molecular flexibility index (Phi) is 7.01. The molecule has 0 heterocycles. The molecule has 0 aliphatic carbocycles. The Hall–Kier alpha value is -1.92. The number of amides is 2. The Morgan fingerprint density at radius 3 is 2.41 bits per heavy atom. The molecule has 1 aromatic carbocycles. The van der Waals surface area contributed by atoms with E-state index in [1.54, 1.807) is 38.2 Å². The van der Waals surface area contributed by atoms with Crippen LogP contribution >= 0.6 is 0 Å². The van der Waals surface area contributed by atoms with E-state index in [0.29, 0.717) is 11.3 Å². The monoisotopic (exact) mass is 307 g/mol. The average molecular weight is 307 g/mol. The van der Waals surface area contributed by atoms with Crippen molar-refractivity contribution in [2.45, 2.75) is 39.5 Å². The molecule has 0 radical (unpaired) electrons. The van der Waals surface area contributed by atoms with Crippen LogP contribution in [0.25, 0.3) is 0 Å². The summed E-state index contributed by atoms with van der Waals surface area (Å²) in [5.74, 6) is -0.382. The zero-order valence-corrected chi connectivity index (χ0v) is 13.5. The topological polar surface area (TPSA) is 90.5 Å². The molecule has 0 saturated heterocycles. The van der Waals surface area contributed by atoms with Gasteiger partial charge >= 0.3 is 0 Å². The van der Waals surface area contributed by atoms with E-state index in [-0.39, 0.29) is 30.4 Å². The molecule has 122 valence electrons. The minimum Gasteiger partial charge on any atom is -0.392 e. The van der Waals surface area contributed by atoms with Crippen molar-refractivity contribution in [3.8, 4) is 0 Å². The fraction of sp³-hybridized carbons (Fsp3) is 0.500. The number of aliphatic hydroxyl groups is 1. The lowest BCUT2D eigenvalue weighted by atomic mass is 10.0. The maximum Gasteiger partial charge on any atom is 0.246 e.